The van der Waals surface area contributed by atoms with Crippen LogP contribution in [0.1, 0.15) is 51.0 Å². The third-order valence-electron chi connectivity index (χ3n) is 7.10. The molecule has 0 spiro atoms. The van der Waals surface area contributed by atoms with Crippen LogP contribution in [0.2, 0.25) is 0 Å². The van der Waals surface area contributed by atoms with Crippen molar-refractivity contribution in [1.29, 1.82) is 0 Å². The van der Waals surface area contributed by atoms with Crippen LogP contribution in [0.5, 0.6) is 0 Å². The lowest BCUT2D eigenvalue weighted by atomic mass is 9.66. The maximum atomic E-state index is 13.3. The summed E-state index contributed by atoms with van der Waals surface area (Å²) in [5, 5.41) is 0. The molecule has 5 rings (SSSR count). The van der Waals surface area contributed by atoms with Crippen LogP contribution < -0.4 is 4.90 Å². The molecule has 1 saturated heterocycles. The van der Waals surface area contributed by atoms with Gasteiger partial charge in [0.15, 0.2) is 0 Å². The predicted octanol–water partition coefficient (Wildman–Crippen LogP) is 4.27. The Kier molecular flexibility index (Phi) is 3.41. The summed E-state index contributed by atoms with van der Waals surface area (Å²) >= 11 is 0. The van der Waals surface area contributed by atoms with Gasteiger partial charge < -0.3 is 0 Å². The molecule has 130 valence electrons. The van der Waals surface area contributed by atoms with Gasteiger partial charge in [-0.1, -0.05) is 30.2 Å². The smallest absolute Gasteiger partial charge is 0.238 e. The van der Waals surface area contributed by atoms with Gasteiger partial charge in [0.2, 0.25) is 11.8 Å². The van der Waals surface area contributed by atoms with Crippen molar-refractivity contribution in [3.8, 4) is 0 Å². The maximum absolute atomic E-state index is 13.3. The minimum absolute atomic E-state index is 0.0644. The third-order valence-corrected chi connectivity index (χ3v) is 7.10. The molecule has 0 unspecified atom stereocenters. The molecule has 2 saturated carbocycles. The molecule has 1 aliphatic heterocycles. The summed E-state index contributed by atoms with van der Waals surface area (Å²) in [6, 6.07) is 7.98. The number of carbonyl (C=O) groups excluding carboxylic acids is 2. The monoisotopic (exact) mass is 335 g/mol. The minimum atomic E-state index is -0.0947. The van der Waals surface area contributed by atoms with Gasteiger partial charge in [-0.2, -0.15) is 0 Å². The highest BCUT2D eigenvalue weighted by molar-refractivity contribution is 6.22. The summed E-state index contributed by atoms with van der Waals surface area (Å²) in [5.41, 5.74) is 5.12. The van der Waals surface area contributed by atoms with Crippen LogP contribution in [0.25, 0.3) is 0 Å². The van der Waals surface area contributed by atoms with Crippen LogP contribution in [-0.2, 0) is 16.0 Å². The lowest BCUT2D eigenvalue weighted by molar-refractivity contribution is -0.122. The van der Waals surface area contributed by atoms with Crippen LogP contribution in [0.3, 0.4) is 0 Å². The third kappa shape index (κ3) is 2.04. The standard InChI is InChI=1S/C22H25NO2/c1-2-13-9-11-14(12-10-13)23-21(24)19-17-7-3-5-15(17)16-6-4-8-18(16)20(19)22(23)25/h9-12,17-20H,2-8H2,1H3/t17-,18+,19-,20-/m0/s1. The van der Waals surface area contributed by atoms with Gasteiger partial charge in [0.05, 0.1) is 17.5 Å². The van der Waals surface area contributed by atoms with E-state index in [4.69, 9.17) is 0 Å². The lowest BCUT2D eigenvalue weighted by Gasteiger charge is -2.34. The zero-order valence-corrected chi connectivity index (χ0v) is 14.8. The van der Waals surface area contributed by atoms with Crippen molar-refractivity contribution in [3.05, 3.63) is 41.0 Å². The number of nitrogens with zero attached hydrogens (tertiary/aromatic N) is 1. The summed E-state index contributed by atoms with van der Waals surface area (Å²) in [5.74, 6) is 0.617. The highest BCUT2D eigenvalue weighted by Gasteiger charge is 2.59. The first-order valence-corrected chi connectivity index (χ1v) is 9.89. The van der Waals surface area contributed by atoms with Gasteiger partial charge in [0.1, 0.15) is 0 Å². The first-order valence-electron chi connectivity index (χ1n) is 9.89. The Hall–Kier alpha value is -1.90. The SMILES string of the molecule is CCc1ccc(N2C(=O)[C@@H]3[C@@H](C2=O)[C@H]2CCCC2=C2CCC[C@H]23)cc1. The Morgan fingerprint density at radius 3 is 1.88 bits per heavy atom. The molecule has 0 radical (unpaired) electrons. The topological polar surface area (TPSA) is 37.4 Å². The van der Waals surface area contributed by atoms with E-state index in [2.05, 4.69) is 6.92 Å². The van der Waals surface area contributed by atoms with Crippen molar-refractivity contribution >= 4 is 17.5 Å². The molecule has 3 nitrogen and oxygen atoms in total. The second kappa shape index (κ2) is 5.55. The Balaban J connectivity index is 1.56. The molecule has 1 heterocycles. The van der Waals surface area contributed by atoms with Crippen molar-refractivity contribution in [1.82, 2.24) is 0 Å². The Morgan fingerprint density at radius 1 is 0.880 bits per heavy atom. The first kappa shape index (κ1) is 15.4. The van der Waals surface area contributed by atoms with E-state index in [1.54, 1.807) is 11.1 Å². The summed E-state index contributed by atoms with van der Waals surface area (Å²) in [4.78, 5) is 28.2. The molecular weight excluding hydrogens is 310 g/mol. The number of amides is 2. The number of carbonyl (C=O) groups is 2. The second-order valence-corrected chi connectivity index (χ2v) is 8.13. The van der Waals surface area contributed by atoms with E-state index in [9.17, 15) is 9.59 Å². The number of hydrogen-bond donors (Lipinski definition) is 0. The number of hydrogen-bond acceptors (Lipinski definition) is 2. The van der Waals surface area contributed by atoms with Gasteiger partial charge in [0.25, 0.3) is 0 Å². The van der Waals surface area contributed by atoms with E-state index in [1.807, 2.05) is 24.3 Å². The highest BCUT2D eigenvalue weighted by Crippen LogP contribution is 2.57. The summed E-state index contributed by atoms with van der Waals surface area (Å²) in [6.45, 7) is 2.12. The van der Waals surface area contributed by atoms with Crippen molar-refractivity contribution in [2.75, 3.05) is 4.90 Å². The van der Waals surface area contributed by atoms with Gasteiger partial charge in [-0.25, -0.2) is 0 Å². The number of imide groups is 1. The molecule has 3 fully saturated rings. The van der Waals surface area contributed by atoms with Gasteiger partial charge in [0, 0.05) is 0 Å². The fraction of sp³-hybridized carbons (Fsp3) is 0.545. The van der Waals surface area contributed by atoms with Crippen LogP contribution in [0, 0.1) is 23.7 Å². The van der Waals surface area contributed by atoms with Gasteiger partial charge >= 0.3 is 0 Å². The number of benzene rings is 1. The Morgan fingerprint density at radius 2 is 1.40 bits per heavy atom. The van der Waals surface area contributed by atoms with Crippen molar-refractivity contribution in [2.45, 2.75) is 51.9 Å². The summed E-state index contributed by atoms with van der Waals surface area (Å²) < 4.78 is 0. The average molecular weight is 335 g/mol. The molecule has 4 atom stereocenters. The molecule has 1 aromatic rings. The zero-order valence-electron chi connectivity index (χ0n) is 14.8. The van der Waals surface area contributed by atoms with Gasteiger partial charge in [-0.3, -0.25) is 14.5 Å². The summed E-state index contributed by atoms with van der Waals surface area (Å²) in [6.07, 6.45) is 7.84. The second-order valence-electron chi connectivity index (χ2n) is 8.13. The molecule has 3 heteroatoms. The highest BCUT2D eigenvalue weighted by atomic mass is 16.2. The van der Waals surface area contributed by atoms with E-state index in [1.165, 1.54) is 23.3 Å². The lowest BCUT2D eigenvalue weighted by Crippen LogP contribution is -2.35. The fourth-order valence-electron chi connectivity index (χ4n) is 6.03. The van der Waals surface area contributed by atoms with Crippen molar-refractivity contribution < 1.29 is 9.59 Å². The molecule has 4 aliphatic rings. The fourth-order valence-corrected chi connectivity index (χ4v) is 6.03. The Labute approximate surface area is 149 Å². The van der Waals surface area contributed by atoms with E-state index in [0.717, 1.165) is 37.8 Å². The van der Waals surface area contributed by atoms with Crippen LogP contribution in [0.4, 0.5) is 5.69 Å². The molecule has 2 amide bonds. The number of fused-ring (bicyclic) bond motifs is 5. The van der Waals surface area contributed by atoms with Gasteiger partial charge in [-0.05, 0) is 74.5 Å². The average Bonchev–Trinajstić information content (AvgIpc) is 3.33. The maximum Gasteiger partial charge on any atom is 0.238 e. The van der Waals surface area contributed by atoms with Crippen LogP contribution >= 0.6 is 0 Å². The van der Waals surface area contributed by atoms with Crippen LogP contribution in [-0.4, -0.2) is 11.8 Å². The number of anilines is 1. The van der Waals surface area contributed by atoms with Crippen LogP contribution in [0.15, 0.2) is 35.4 Å². The van der Waals surface area contributed by atoms with Crippen molar-refractivity contribution in [3.63, 3.8) is 0 Å². The molecule has 0 N–H and O–H groups in total. The minimum Gasteiger partial charge on any atom is -0.274 e. The Bertz CT molecular complexity index is 734. The van der Waals surface area contributed by atoms with E-state index < -0.39 is 0 Å². The number of aryl methyl sites for hydroxylation is 1. The van der Waals surface area contributed by atoms with E-state index >= 15 is 0 Å². The molecule has 0 aromatic heterocycles. The normalized spacial score (nSPS) is 33.7. The quantitative estimate of drug-likeness (QED) is 0.598. The zero-order chi connectivity index (χ0) is 17.1. The van der Waals surface area contributed by atoms with Gasteiger partial charge in [-0.15, -0.1) is 0 Å². The molecule has 25 heavy (non-hydrogen) atoms. The largest absolute Gasteiger partial charge is 0.274 e. The molecule has 0 bridgehead atoms. The van der Waals surface area contributed by atoms with Crippen molar-refractivity contribution in [2.24, 2.45) is 23.7 Å². The first-order chi connectivity index (χ1) is 12.2. The van der Waals surface area contributed by atoms with E-state index in [0.29, 0.717) is 11.8 Å². The molecule has 3 aliphatic carbocycles. The number of allylic oxidation sites excluding steroid dienone is 2. The molecule has 1 aromatic carbocycles. The summed E-state index contributed by atoms with van der Waals surface area (Å²) in [7, 11) is 0. The predicted molar refractivity (Wildman–Crippen MR) is 97.0 cm³/mol. The number of rotatable bonds is 2. The van der Waals surface area contributed by atoms with E-state index in [-0.39, 0.29) is 23.7 Å². The molecular formula is C22H25NO2.